The van der Waals surface area contributed by atoms with Gasteiger partial charge in [-0.2, -0.15) is 0 Å². The van der Waals surface area contributed by atoms with Crippen LogP contribution in [0.15, 0.2) is 6.07 Å². The van der Waals surface area contributed by atoms with Gasteiger partial charge in [-0.1, -0.05) is 13.8 Å². The molecule has 100 valence electrons. The van der Waals surface area contributed by atoms with Crippen LogP contribution in [0.1, 0.15) is 31.2 Å². The van der Waals surface area contributed by atoms with Gasteiger partial charge in [-0.15, -0.1) is 0 Å². The van der Waals surface area contributed by atoms with E-state index in [1.807, 2.05) is 13.0 Å². The zero-order chi connectivity index (χ0) is 13.1. The minimum Gasteiger partial charge on any atom is -0.377 e. The topological polar surface area (TPSA) is 64.3 Å². The van der Waals surface area contributed by atoms with Crippen molar-refractivity contribution in [2.75, 3.05) is 31.2 Å². The largest absolute Gasteiger partial charge is 0.377 e. The molecule has 5 nitrogen and oxygen atoms in total. The summed E-state index contributed by atoms with van der Waals surface area (Å²) < 4.78 is 5.46. The first-order valence-electron chi connectivity index (χ1n) is 6.52. The predicted molar refractivity (Wildman–Crippen MR) is 71.9 cm³/mol. The molecule has 1 aliphatic rings. The zero-order valence-corrected chi connectivity index (χ0v) is 11.4. The Morgan fingerprint density at radius 2 is 2.28 bits per heavy atom. The van der Waals surface area contributed by atoms with Crippen LogP contribution >= 0.6 is 0 Å². The number of morpholine rings is 1. The molecule has 0 radical (unpaired) electrons. The molecule has 18 heavy (non-hydrogen) atoms. The van der Waals surface area contributed by atoms with E-state index in [2.05, 4.69) is 28.7 Å². The summed E-state index contributed by atoms with van der Waals surface area (Å²) in [5.41, 5.74) is 7.88. The highest BCUT2D eigenvalue weighted by atomic mass is 16.5. The predicted octanol–water partition coefficient (Wildman–Crippen LogP) is 1.07. The van der Waals surface area contributed by atoms with Gasteiger partial charge in [-0.3, -0.25) is 0 Å². The normalized spacial score (nSPS) is 20.5. The summed E-state index contributed by atoms with van der Waals surface area (Å²) in [6.07, 6.45) is 0. The van der Waals surface area contributed by atoms with Crippen LogP contribution < -0.4 is 10.6 Å². The van der Waals surface area contributed by atoms with Crippen molar-refractivity contribution in [1.82, 2.24) is 9.97 Å². The highest BCUT2D eigenvalue weighted by Crippen LogP contribution is 2.19. The molecule has 0 saturated carbocycles. The molecular formula is C13H22N4O. The van der Waals surface area contributed by atoms with E-state index in [4.69, 9.17) is 10.5 Å². The average Bonchev–Trinajstić information content (AvgIpc) is 2.38. The fourth-order valence-electron chi connectivity index (χ4n) is 2.11. The molecule has 0 aromatic carbocycles. The number of aryl methyl sites for hydroxylation is 1. The lowest BCUT2D eigenvalue weighted by Crippen LogP contribution is -2.50. The smallest absolute Gasteiger partial charge is 0.226 e. The molecule has 1 atom stereocenters. The van der Waals surface area contributed by atoms with Gasteiger partial charge in [0.1, 0.15) is 0 Å². The third-order valence-electron chi connectivity index (χ3n) is 3.21. The van der Waals surface area contributed by atoms with Crippen LogP contribution in [-0.4, -0.2) is 42.3 Å². The maximum Gasteiger partial charge on any atom is 0.226 e. The van der Waals surface area contributed by atoms with Crippen molar-refractivity contribution < 1.29 is 4.74 Å². The monoisotopic (exact) mass is 250 g/mol. The lowest BCUT2D eigenvalue weighted by molar-refractivity contribution is 0.0953. The molecule has 0 spiro atoms. The van der Waals surface area contributed by atoms with Crippen LogP contribution in [0.4, 0.5) is 5.95 Å². The van der Waals surface area contributed by atoms with Gasteiger partial charge in [-0.25, -0.2) is 9.97 Å². The zero-order valence-electron chi connectivity index (χ0n) is 11.4. The summed E-state index contributed by atoms with van der Waals surface area (Å²) in [6.45, 7) is 9.04. The van der Waals surface area contributed by atoms with Crippen LogP contribution in [0.3, 0.4) is 0 Å². The Kier molecular flexibility index (Phi) is 4.14. The summed E-state index contributed by atoms with van der Waals surface area (Å²) in [7, 11) is 0. The van der Waals surface area contributed by atoms with Crippen molar-refractivity contribution >= 4 is 5.95 Å². The molecule has 0 aliphatic carbocycles. The van der Waals surface area contributed by atoms with E-state index in [1.54, 1.807) is 0 Å². The average molecular weight is 250 g/mol. The Hall–Kier alpha value is -1.20. The van der Waals surface area contributed by atoms with E-state index >= 15 is 0 Å². The molecule has 1 unspecified atom stereocenters. The second-order valence-corrected chi connectivity index (χ2v) is 5.05. The van der Waals surface area contributed by atoms with Gasteiger partial charge in [-0.05, 0) is 18.9 Å². The Balaban J connectivity index is 2.30. The van der Waals surface area contributed by atoms with Crippen molar-refractivity contribution in [3.05, 3.63) is 17.5 Å². The Bertz CT molecular complexity index is 408. The summed E-state index contributed by atoms with van der Waals surface area (Å²) in [5.74, 6) is 1.19. The molecule has 2 rings (SSSR count). The van der Waals surface area contributed by atoms with E-state index in [9.17, 15) is 0 Å². The van der Waals surface area contributed by atoms with Crippen LogP contribution in [0.2, 0.25) is 0 Å². The Morgan fingerprint density at radius 3 is 2.94 bits per heavy atom. The second-order valence-electron chi connectivity index (χ2n) is 5.05. The third-order valence-corrected chi connectivity index (χ3v) is 3.21. The van der Waals surface area contributed by atoms with E-state index in [0.717, 1.165) is 23.9 Å². The van der Waals surface area contributed by atoms with Gasteiger partial charge in [0, 0.05) is 24.5 Å². The lowest BCUT2D eigenvalue weighted by Gasteiger charge is -2.35. The molecular weight excluding hydrogens is 228 g/mol. The van der Waals surface area contributed by atoms with Crippen LogP contribution in [0.25, 0.3) is 0 Å². The van der Waals surface area contributed by atoms with Crippen LogP contribution in [0, 0.1) is 6.92 Å². The standard InChI is InChI=1S/C13H22N4O/c1-9(2)12-6-10(3)15-13(16-12)17-4-5-18-8-11(17)7-14/h6,9,11H,4-5,7-8,14H2,1-3H3. The first-order chi connectivity index (χ1) is 8.61. The Labute approximate surface area is 108 Å². The van der Waals surface area contributed by atoms with Gasteiger partial charge < -0.3 is 15.4 Å². The van der Waals surface area contributed by atoms with E-state index < -0.39 is 0 Å². The van der Waals surface area contributed by atoms with Crippen LogP contribution in [0.5, 0.6) is 0 Å². The van der Waals surface area contributed by atoms with Crippen molar-refractivity contribution in [1.29, 1.82) is 0 Å². The summed E-state index contributed by atoms with van der Waals surface area (Å²) in [5, 5.41) is 0. The van der Waals surface area contributed by atoms with Crippen molar-refractivity contribution in [3.8, 4) is 0 Å². The summed E-state index contributed by atoms with van der Waals surface area (Å²) >= 11 is 0. The third kappa shape index (κ3) is 2.79. The maximum atomic E-state index is 5.79. The molecule has 1 aromatic heterocycles. The van der Waals surface area contributed by atoms with Gasteiger partial charge >= 0.3 is 0 Å². The minimum atomic E-state index is 0.181. The number of aromatic nitrogens is 2. The number of rotatable bonds is 3. The van der Waals surface area contributed by atoms with E-state index in [1.165, 1.54) is 0 Å². The quantitative estimate of drug-likeness (QED) is 0.869. The molecule has 0 amide bonds. The van der Waals surface area contributed by atoms with E-state index in [-0.39, 0.29) is 6.04 Å². The molecule has 1 aromatic rings. The van der Waals surface area contributed by atoms with Gasteiger partial charge in [0.05, 0.1) is 19.3 Å². The number of ether oxygens (including phenoxy) is 1. The first kappa shape index (κ1) is 13.2. The van der Waals surface area contributed by atoms with Crippen LogP contribution in [-0.2, 0) is 4.74 Å². The molecule has 2 heterocycles. The molecule has 1 aliphatic heterocycles. The maximum absolute atomic E-state index is 5.79. The fourth-order valence-corrected chi connectivity index (χ4v) is 2.11. The molecule has 1 saturated heterocycles. The molecule has 5 heteroatoms. The minimum absolute atomic E-state index is 0.181. The first-order valence-corrected chi connectivity index (χ1v) is 6.52. The van der Waals surface area contributed by atoms with Crippen molar-refractivity contribution in [2.45, 2.75) is 32.7 Å². The molecule has 2 N–H and O–H groups in total. The van der Waals surface area contributed by atoms with Crippen molar-refractivity contribution in [3.63, 3.8) is 0 Å². The number of anilines is 1. The fraction of sp³-hybridized carbons (Fsp3) is 0.692. The van der Waals surface area contributed by atoms with Gasteiger partial charge in [0.2, 0.25) is 5.95 Å². The SMILES string of the molecule is Cc1cc(C(C)C)nc(N2CCOCC2CN)n1. The summed E-state index contributed by atoms with van der Waals surface area (Å²) in [4.78, 5) is 11.4. The summed E-state index contributed by atoms with van der Waals surface area (Å²) in [6, 6.07) is 2.23. The van der Waals surface area contributed by atoms with Crippen molar-refractivity contribution in [2.24, 2.45) is 5.73 Å². The molecule has 0 bridgehead atoms. The van der Waals surface area contributed by atoms with E-state index in [0.29, 0.717) is 25.7 Å². The number of nitrogens with zero attached hydrogens (tertiary/aromatic N) is 3. The lowest BCUT2D eigenvalue weighted by atomic mass is 10.1. The number of hydrogen-bond acceptors (Lipinski definition) is 5. The second kappa shape index (κ2) is 5.63. The highest BCUT2D eigenvalue weighted by molar-refractivity contribution is 5.35. The molecule has 1 fully saturated rings. The highest BCUT2D eigenvalue weighted by Gasteiger charge is 2.24. The number of hydrogen-bond donors (Lipinski definition) is 1. The number of nitrogens with two attached hydrogens (primary N) is 1. The van der Waals surface area contributed by atoms with Gasteiger partial charge in [0.25, 0.3) is 0 Å². The Morgan fingerprint density at radius 1 is 1.50 bits per heavy atom. The van der Waals surface area contributed by atoms with Gasteiger partial charge in [0.15, 0.2) is 0 Å².